The molecule has 0 spiro atoms. The number of nitrogens with zero attached hydrogens (tertiary/aromatic N) is 3. The van der Waals surface area contributed by atoms with Crippen molar-refractivity contribution in [1.29, 1.82) is 0 Å². The average molecular weight is 527 g/mol. The van der Waals surface area contributed by atoms with Gasteiger partial charge in [0.15, 0.2) is 0 Å². The zero-order chi connectivity index (χ0) is 26.2. The van der Waals surface area contributed by atoms with Gasteiger partial charge in [0, 0.05) is 72.8 Å². The molecule has 2 aliphatic heterocycles. The summed E-state index contributed by atoms with van der Waals surface area (Å²) in [6.07, 6.45) is 0.796. The van der Waals surface area contributed by atoms with Crippen LogP contribution in [0.1, 0.15) is 28.7 Å². The fourth-order valence-electron chi connectivity index (χ4n) is 4.41. The molecule has 38 heavy (non-hydrogen) atoms. The lowest BCUT2D eigenvalue weighted by atomic mass is 10.0. The maximum atomic E-state index is 10.6. The number of fused-ring (bicyclic) bond motifs is 1. The van der Waals surface area contributed by atoms with E-state index in [2.05, 4.69) is 68.2 Å². The zero-order valence-electron chi connectivity index (χ0n) is 21.1. The number of carboxylic acids is 1. The number of nitrogens with one attached hydrogen (secondary N) is 1. The molecule has 2 N–H and O–H groups in total. The maximum absolute atomic E-state index is 10.6. The molecule has 194 valence electrons. The molecular formula is C30H30N4O3S. The van der Waals surface area contributed by atoms with Crippen molar-refractivity contribution in [3.63, 3.8) is 0 Å². The van der Waals surface area contributed by atoms with Crippen LogP contribution in [0.25, 0.3) is 0 Å². The van der Waals surface area contributed by atoms with E-state index in [1.165, 1.54) is 23.4 Å². The summed E-state index contributed by atoms with van der Waals surface area (Å²) < 4.78 is 10.9. The molecule has 1 saturated heterocycles. The van der Waals surface area contributed by atoms with Gasteiger partial charge in [0.1, 0.15) is 12.3 Å². The quantitative estimate of drug-likeness (QED) is 0.353. The first-order valence-corrected chi connectivity index (χ1v) is 13.5. The molecule has 0 saturated carbocycles. The first-order chi connectivity index (χ1) is 18.6. The van der Waals surface area contributed by atoms with Gasteiger partial charge in [0.2, 0.25) is 0 Å². The third kappa shape index (κ3) is 6.95. The molecule has 0 aromatic heterocycles. The fourth-order valence-corrected chi connectivity index (χ4v) is 5.13. The average Bonchev–Trinajstić information content (AvgIpc) is 2.96. The number of carbonyl (C=O) groups is 1. The number of aliphatic imine (C=N–C) groups is 1. The van der Waals surface area contributed by atoms with E-state index < -0.39 is 5.97 Å². The smallest absolute Gasteiger partial charge is 0.318 e. The Morgan fingerprint density at radius 1 is 0.974 bits per heavy atom. The van der Waals surface area contributed by atoms with E-state index in [1.807, 2.05) is 30.3 Å². The van der Waals surface area contributed by atoms with Crippen molar-refractivity contribution in [3.8, 4) is 17.6 Å². The Morgan fingerprint density at radius 3 is 2.47 bits per heavy atom. The number of anilines is 1. The van der Waals surface area contributed by atoms with Crippen LogP contribution in [0.4, 0.5) is 5.69 Å². The van der Waals surface area contributed by atoms with Crippen LogP contribution < -0.4 is 14.4 Å². The number of aliphatic carboxylic acids is 1. The molecule has 0 amide bonds. The molecule has 0 unspecified atom stereocenters. The van der Waals surface area contributed by atoms with E-state index >= 15 is 0 Å². The third-order valence-electron chi connectivity index (χ3n) is 6.42. The largest absolute Gasteiger partial charge is 0.492 e. The molecule has 3 aromatic carbocycles. The molecule has 7 nitrogen and oxygen atoms in total. The van der Waals surface area contributed by atoms with Gasteiger partial charge in [-0.05, 0) is 48.0 Å². The molecule has 0 atom stereocenters. The van der Waals surface area contributed by atoms with E-state index in [-0.39, 0.29) is 6.54 Å². The molecule has 2 heterocycles. The molecule has 8 heteroatoms. The summed E-state index contributed by atoms with van der Waals surface area (Å²) in [6, 6.07) is 24.7. The summed E-state index contributed by atoms with van der Waals surface area (Å²) in [5, 5.41) is 8.75. The number of hydrogen-bond acceptors (Lipinski definition) is 7. The SMILES string of the molecule is O=C(O)CNSN1CCN(c2ccc(C#Cc3ccc4c(c3)C(=NCc3ccccc3)CCO4)cc2)CC1. The number of hydrogen-bond donors (Lipinski definition) is 2. The number of ether oxygens (including phenoxy) is 1. The molecule has 0 bridgehead atoms. The first-order valence-electron chi connectivity index (χ1n) is 12.7. The predicted octanol–water partition coefficient (Wildman–Crippen LogP) is 4.22. The Balaban J connectivity index is 1.20. The highest BCUT2D eigenvalue weighted by molar-refractivity contribution is 7.95. The van der Waals surface area contributed by atoms with Crippen LogP contribution in [0.5, 0.6) is 5.75 Å². The second-order valence-electron chi connectivity index (χ2n) is 9.08. The van der Waals surface area contributed by atoms with Crippen molar-refractivity contribution in [1.82, 2.24) is 9.03 Å². The van der Waals surface area contributed by atoms with Gasteiger partial charge in [0.05, 0.1) is 13.2 Å². The summed E-state index contributed by atoms with van der Waals surface area (Å²) in [6.45, 7) is 4.75. The normalized spacial score (nSPS) is 16.3. The molecule has 5 rings (SSSR count). The third-order valence-corrected chi connectivity index (χ3v) is 7.32. The number of benzene rings is 3. The van der Waals surface area contributed by atoms with Gasteiger partial charge in [-0.25, -0.2) is 9.03 Å². The van der Waals surface area contributed by atoms with Crippen LogP contribution in [0, 0.1) is 11.8 Å². The van der Waals surface area contributed by atoms with Crippen LogP contribution in [-0.4, -0.2) is 60.4 Å². The van der Waals surface area contributed by atoms with Gasteiger partial charge >= 0.3 is 5.97 Å². The topological polar surface area (TPSA) is 77.4 Å². The van der Waals surface area contributed by atoms with Crippen LogP contribution in [0.3, 0.4) is 0 Å². The number of carboxylic acid groups (broad SMARTS) is 1. The highest BCUT2D eigenvalue weighted by Gasteiger charge is 2.18. The molecule has 0 aliphatic carbocycles. The van der Waals surface area contributed by atoms with Gasteiger partial charge in [-0.15, -0.1) is 0 Å². The van der Waals surface area contributed by atoms with Crippen molar-refractivity contribution in [3.05, 3.63) is 95.1 Å². The van der Waals surface area contributed by atoms with E-state index in [0.717, 1.165) is 60.8 Å². The van der Waals surface area contributed by atoms with Crippen molar-refractivity contribution < 1.29 is 14.6 Å². The molecule has 1 fully saturated rings. The first kappa shape index (κ1) is 25.9. The minimum atomic E-state index is -0.850. The predicted molar refractivity (Wildman–Crippen MR) is 153 cm³/mol. The summed E-state index contributed by atoms with van der Waals surface area (Å²) in [7, 11) is 0. The second kappa shape index (κ2) is 12.7. The Morgan fingerprint density at radius 2 is 1.71 bits per heavy atom. The molecule has 3 aromatic rings. The van der Waals surface area contributed by atoms with Crippen molar-refractivity contribution in [2.45, 2.75) is 13.0 Å². The second-order valence-corrected chi connectivity index (χ2v) is 10.1. The highest BCUT2D eigenvalue weighted by Crippen LogP contribution is 2.27. The zero-order valence-corrected chi connectivity index (χ0v) is 21.9. The van der Waals surface area contributed by atoms with Crippen LogP contribution in [0.2, 0.25) is 0 Å². The Bertz CT molecular complexity index is 1340. The monoisotopic (exact) mass is 526 g/mol. The Hall–Kier alpha value is -3.77. The highest BCUT2D eigenvalue weighted by atomic mass is 32.2. The van der Waals surface area contributed by atoms with Gasteiger partial charge < -0.3 is 14.7 Å². The van der Waals surface area contributed by atoms with E-state index in [4.69, 9.17) is 14.8 Å². The van der Waals surface area contributed by atoms with Crippen molar-refractivity contribution in [2.24, 2.45) is 4.99 Å². The van der Waals surface area contributed by atoms with Gasteiger partial charge in [-0.1, -0.05) is 42.2 Å². The molecule has 2 aliphatic rings. The lowest BCUT2D eigenvalue weighted by molar-refractivity contribution is -0.135. The standard InChI is InChI=1S/C30H30N4O3S/c35-30(36)22-32-38-34-17-15-33(16-18-34)26-11-8-23(9-12-26)6-7-24-10-13-29-27(20-24)28(14-19-37-29)31-21-25-4-2-1-3-5-25/h1-5,8-13,20,32H,14-19,21-22H2,(H,35,36). The summed E-state index contributed by atoms with van der Waals surface area (Å²) in [5.74, 6) is 6.62. The number of rotatable bonds is 7. The van der Waals surface area contributed by atoms with Crippen LogP contribution in [0.15, 0.2) is 77.8 Å². The summed E-state index contributed by atoms with van der Waals surface area (Å²) in [5.41, 5.74) is 6.37. The van der Waals surface area contributed by atoms with E-state index in [1.54, 1.807) is 0 Å². The van der Waals surface area contributed by atoms with Crippen LogP contribution >= 0.6 is 12.1 Å². The summed E-state index contributed by atoms with van der Waals surface area (Å²) in [4.78, 5) is 17.9. The van der Waals surface area contributed by atoms with Crippen molar-refractivity contribution in [2.75, 3.05) is 44.2 Å². The van der Waals surface area contributed by atoms with Crippen molar-refractivity contribution >= 4 is 29.5 Å². The van der Waals surface area contributed by atoms with Gasteiger partial charge in [-0.3, -0.25) is 9.79 Å². The lowest BCUT2D eigenvalue weighted by Crippen LogP contribution is -2.44. The summed E-state index contributed by atoms with van der Waals surface area (Å²) >= 11 is 1.38. The molecule has 0 radical (unpaired) electrons. The van der Waals surface area contributed by atoms with Crippen LogP contribution in [-0.2, 0) is 11.3 Å². The molecular weight excluding hydrogens is 496 g/mol. The lowest BCUT2D eigenvalue weighted by Gasteiger charge is -2.35. The number of piperazine rings is 1. The minimum Gasteiger partial charge on any atom is -0.492 e. The van der Waals surface area contributed by atoms with Gasteiger partial charge in [0.25, 0.3) is 0 Å². The Kier molecular flexibility index (Phi) is 8.61. The maximum Gasteiger partial charge on any atom is 0.318 e. The minimum absolute atomic E-state index is 0.0460. The van der Waals surface area contributed by atoms with E-state index in [0.29, 0.717) is 13.2 Å². The Labute approximate surface area is 227 Å². The van der Waals surface area contributed by atoms with Gasteiger partial charge in [-0.2, -0.15) is 0 Å². The fraction of sp³-hybridized carbons (Fsp3) is 0.267. The van der Waals surface area contributed by atoms with E-state index in [9.17, 15) is 4.79 Å².